The lowest BCUT2D eigenvalue weighted by Gasteiger charge is -2.36. The van der Waals surface area contributed by atoms with Gasteiger partial charge in [0.2, 0.25) is 0 Å². The van der Waals surface area contributed by atoms with Crippen molar-refractivity contribution in [3.05, 3.63) is 23.8 Å². The maximum atomic E-state index is 9.61. The van der Waals surface area contributed by atoms with Gasteiger partial charge in [0.25, 0.3) is 8.32 Å². The first kappa shape index (κ1) is 16.1. The van der Waals surface area contributed by atoms with Gasteiger partial charge in [-0.2, -0.15) is 0 Å². The quantitative estimate of drug-likeness (QED) is 0.844. The Balaban J connectivity index is 3.09. The van der Waals surface area contributed by atoms with Crippen LogP contribution in [0.2, 0.25) is 18.1 Å². The van der Waals surface area contributed by atoms with Crippen LogP contribution in [-0.4, -0.2) is 20.5 Å². The number of hydrogen-bond donors (Lipinski definition) is 1. The van der Waals surface area contributed by atoms with E-state index in [-0.39, 0.29) is 5.04 Å². The van der Waals surface area contributed by atoms with Gasteiger partial charge in [-0.3, -0.25) is 0 Å². The third-order valence-corrected chi connectivity index (χ3v) is 8.18. The van der Waals surface area contributed by atoms with Crippen LogP contribution in [0.15, 0.2) is 18.2 Å². The first-order valence-electron chi connectivity index (χ1n) is 6.63. The van der Waals surface area contributed by atoms with Crippen LogP contribution >= 0.6 is 0 Å². The molecule has 1 aromatic carbocycles. The van der Waals surface area contributed by atoms with Crippen molar-refractivity contribution >= 4 is 8.32 Å². The molecule has 3 nitrogen and oxygen atoms in total. The highest BCUT2D eigenvalue weighted by molar-refractivity contribution is 6.74. The first-order chi connectivity index (χ1) is 8.58. The summed E-state index contributed by atoms with van der Waals surface area (Å²) < 4.78 is 11.6. The van der Waals surface area contributed by atoms with Gasteiger partial charge >= 0.3 is 0 Å². The Kier molecular flexibility index (Phi) is 4.69. The minimum atomic E-state index is -1.88. The molecular formula is C15H26O3Si. The van der Waals surface area contributed by atoms with Crippen molar-refractivity contribution in [1.82, 2.24) is 0 Å². The predicted molar refractivity (Wildman–Crippen MR) is 81.5 cm³/mol. The highest BCUT2D eigenvalue weighted by Gasteiger charge is 2.39. The van der Waals surface area contributed by atoms with Crippen LogP contribution in [0, 0.1) is 0 Å². The molecule has 1 atom stereocenters. The Labute approximate surface area is 117 Å². The predicted octanol–water partition coefficient (Wildman–Crippen LogP) is 4.13. The lowest BCUT2D eigenvalue weighted by Crippen LogP contribution is -2.43. The Bertz CT molecular complexity index is 434. The second kappa shape index (κ2) is 5.55. The molecule has 0 fully saturated rings. The molecule has 0 aliphatic carbocycles. The van der Waals surface area contributed by atoms with Crippen molar-refractivity contribution in [3.8, 4) is 11.5 Å². The summed E-state index contributed by atoms with van der Waals surface area (Å²) in [6.07, 6.45) is -0.504. The number of hydrogen-bond acceptors (Lipinski definition) is 3. The van der Waals surface area contributed by atoms with Gasteiger partial charge in [-0.05, 0) is 42.8 Å². The molecule has 1 unspecified atom stereocenters. The van der Waals surface area contributed by atoms with E-state index in [0.29, 0.717) is 5.75 Å². The number of aliphatic hydroxyl groups is 1. The lowest BCUT2D eigenvalue weighted by molar-refractivity contribution is 0.198. The molecule has 1 aromatic rings. The Morgan fingerprint density at radius 1 is 1.16 bits per heavy atom. The zero-order valence-electron chi connectivity index (χ0n) is 13.1. The monoisotopic (exact) mass is 282 g/mol. The van der Waals surface area contributed by atoms with E-state index >= 15 is 0 Å². The molecular weight excluding hydrogens is 256 g/mol. The summed E-state index contributed by atoms with van der Waals surface area (Å²) in [6, 6.07) is 5.62. The minimum Gasteiger partial charge on any atom is -0.541 e. The van der Waals surface area contributed by atoms with Crippen LogP contribution in [0.25, 0.3) is 0 Å². The molecule has 4 heteroatoms. The van der Waals surface area contributed by atoms with Crippen LogP contribution in [0.3, 0.4) is 0 Å². The van der Waals surface area contributed by atoms with E-state index in [1.165, 1.54) is 0 Å². The molecule has 0 saturated carbocycles. The van der Waals surface area contributed by atoms with Crippen molar-refractivity contribution < 1.29 is 14.3 Å². The fraction of sp³-hybridized carbons (Fsp3) is 0.600. The molecule has 0 bridgehead atoms. The lowest BCUT2D eigenvalue weighted by atomic mass is 10.1. The zero-order valence-corrected chi connectivity index (χ0v) is 14.1. The maximum absolute atomic E-state index is 9.61. The van der Waals surface area contributed by atoms with E-state index in [4.69, 9.17) is 9.16 Å². The van der Waals surface area contributed by atoms with E-state index in [2.05, 4.69) is 33.9 Å². The second-order valence-electron chi connectivity index (χ2n) is 6.45. The van der Waals surface area contributed by atoms with Crippen molar-refractivity contribution in [2.75, 3.05) is 7.11 Å². The molecule has 108 valence electrons. The summed E-state index contributed by atoms with van der Waals surface area (Å²) in [5, 5.41) is 9.75. The SMILES string of the molecule is COc1cc(C(C)O)ccc1O[Si](C)(C)C(C)(C)C. The van der Waals surface area contributed by atoms with Gasteiger partial charge in [0.1, 0.15) is 5.75 Å². The number of ether oxygens (including phenoxy) is 1. The second-order valence-corrected chi connectivity index (χ2v) is 11.2. The van der Waals surface area contributed by atoms with E-state index in [9.17, 15) is 5.11 Å². The van der Waals surface area contributed by atoms with Gasteiger partial charge in [-0.15, -0.1) is 0 Å². The average Bonchev–Trinajstić information content (AvgIpc) is 2.27. The third kappa shape index (κ3) is 3.73. The van der Waals surface area contributed by atoms with Crippen LogP contribution in [0.5, 0.6) is 11.5 Å². The maximum Gasteiger partial charge on any atom is 0.250 e. The summed E-state index contributed by atoms with van der Waals surface area (Å²) in [4.78, 5) is 0. The molecule has 0 heterocycles. The summed E-state index contributed by atoms with van der Waals surface area (Å²) in [7, 11) is -0.256. The van der Waals surface area contributed by atoms with Crippen LogP contribution in [-0.2, 0) is 0 Å². The molecule has 19 heavy (non-hydrogen) atoms. The van der Waals surface area contributed by atoms with Crippen molar-refractivity contribution in [2.45, 2.75) is 51.9 Å². The molecule has 0 radical (unpaired) electrons. The van der Waals surface area contributed by atoms with Crippen molar-refractivity contribution in [1.29, 1.82) is 0 Å². The average molecular weight is 282 g/mol. The summed E-state index contributed by atoms with van der Waals surface area (Å²) in [6.45, 7) is 12.8. The largest absolute Gasteiger partial charge is 0.541 e. The third-order valence-electron chi connectivity index (χ3n) is 3.84. The Hall–Kier alpha value is -1.00. The van der Waals surface area contributed by atoms with E-state index < -0.39 is 14.4 Å². The molecule has 0 saturated heterocycles. The molecule has 0 spiro atoms. The van der Waals surface area contributed by atoms with Gasteiger partial charge in [-0.1, -0.05) is 26.8 Å². The minimum absolute atomic E-state index is 0.140. The fourth-order valence-corrected chi connectivity index (χ4v) is 2.48. The molecule has 1 N–H and O–H groups in total. The normalized spacial score (nSPS) is 14.1. The highest BCUT2D eigenvalue weighted by atomic mass is 28.4. The number of aliphatic hydroxyl groups excluding tert-OH is 1. The Morgan fingerprint density at radius 3 is 2.16 bits per heavy atom. The number of rotatable bonds is 4. The smallest absolute Gasteiger partial charge is 0.250 e. The van der Waals surface area contributed by atoms with Gasteiger partial charge in [0, 0.05) is 0 Å². The van der Waals surface area contributed by atoms with E-state index in [1.807, 2.05) is 18.2 Å². The molecule has 0 aromatic heterocycles. The van der Waals surface area contributed by atoms with E-state index in [0.717, 1.165) is 11.3 Å². The van der Waals surface area contributed by atoms with Crippen molar-refractivity contribution in [2.24, 2.45) is 0 Å². The first-order valence-corrected chi connectivity index (χ1v) is 9.54. The molecule has 0 aliphatic heterocycles. The summed E-state index contributed by atoms with van der Waals surface area (Å²) in [5.74, 6) is 1.45. The summed E-state index contributed by atoms with van der Waals surface area (Å²) in [5.41, 5.74) is 0.833. The fourth-order valence-electron chi connectivity index (χ4n) is 1.46. The Morgan fingerprint density at radius 2 is 1.74 bits per heavy atom. The molecule has 0 aliphatic rings. The van der Waals surface area contributed by atoms with Crippen molar-refractivity contribution in [3.63, 3.8) is 0 Å². The van der Waals surface area contributed by atoms with Crippen LogP contribution < -0.4 is 9.16 Å². The highest BCUT2D eigenvalue weighted by Crippen LogP contribution is 2.40. The number of methoxy groups -OCH3 is 1. The van der Waals surface area contributed by atoms with Gasteiger partial charge in [-0.25, -0.2) is 0 Å². The van der Waals surface area contributed by atoms with Gasteiger partial charge in [0.15, 0.2) is 5.75 Å². The molecule has 1 rings (SSSR count). The van der Waals surface area contributed by atoms with Crippen LogP contribution in [0.1, 0.15) is 39.4 Å². The van der Waals surface area contributed by atoms with Crippen LogP contribution in [0.4, 0.5) is 0 Å². The summed E-state index contributed by atoms with van der Waals surface area (Å²) >= 11 is 0. The zero-order chi connectivity index (χ0) is 14.8. The van der Waals surface area contributed by atoms with Gasteiger partial charge < -0.3 is 14.3 Å². The molecule has 0 amide bonds. The van der Waals surface area contributed by atoms with E-state index in [1.54, 1.807) is 14.0 Å². The standard InChI is InChI=1S/C15H26O3Si/c1-11(16)12-8-9-13(14(10-12)17-5)18-19(6,7)15(2,3)4/h8-11,16H,1-7H3. The number of benzene rings is 1. The topological polar surface area (TPSA) is 38.7 Å². The van der Waals surface area contributed by atoms with Gasteiger partial charge in [0.05, 0.1) is 13.2 Å².